The Balaban J connectivity index is 3.25. The van der Waals surface area contributed by atoms with Crippen molar-refractivity contribution in [1.29, 1.82) is 0 Å². The van der Waals surface area contributed by atoms with Gasteiger partial charge >= 0.3 is 12.1 Å². The number of hydrogen-bond acceptors (Lipinski definition) is 4. The number of carbonyl (C=O) groups excluding carboxylic acids is 2. The number of hydrogen-bond donors (Lipinski definition) is 0. The standard InChI is InChI=1S/C22H35NO4Si/c1-16(2)19(20(24)26-7)23(21(25)27-22(4,5)6)15-17(3)28(8,9)18-13-11-10-12-14-18/h10-14,16,19H,3,15H2,1-2,4-9H3. The van der Waals surface area contributed by atoms with Crippen LogP contribution in [0.3, 0.4) is 0 Å². The van der Waals surface area contributed by atoms with E-state index in [9.17, 15) is 9.59 Å². The van der Waals surface area contributed by atoms with Crippen molar-refractivity contribution in [1.82, 2.24) is 4.90 Å². The van der Waals surface area contributed by atoms with Crippen molar-refractivity contribution in [3.05, 3.63) is 42.1 Å². The minimum absolute atomic E-state index is 0.130. The van der Waals surface area contributed by atoms with Gasteiger partial charge in [0.05, 0.1) is 7.11 Å². The van der Waals surface area contributed by atoms with Crippen LogP contribution in [0.25, 0.3) is 0 Å². The zero-order valence-corrected chi connectivity index (χ0v) is 19.5. The molecule has 1 aromatic rings. The van der Waals surface area contributed by atoms with Crippen LogP contribution in [0.1, 0.15) is 34.6 Å². The van der Waals surface area contributed by atoms with Crippen molar-refractivity contribution in [3.63, 3.8) is 0 Å². The number of methoxy groups -OCH3 is 1. The Labute approximate surface area is 170 Å². The first-order valence-corrected chi connectivity index (χ1v) is 12.6. The maximum atomic E-state index is 13.0. The Kier molecular flexibility index (Phi) is 8.05. The lowest BCUT2D eigenvalue weighted by molar-refractivity contribution is -0.148. The Bertz CT molecular complexity index is 692. The van der Waals surface area contributed by atoms with Gasteiger partial charge in [0.15, 0.2) is 0 Å². The van der Waals surface area contributed by atoms with Gasteiger partial charge in [0.2, 0.25) is 0 Å². The normalized spacial score (nSPS) is 13.0. The van der Waals surface area contributed by atoms with Gasteiger partial charge in [-0.3, -0.25) is 4.90 Å². The molecule has 0 aromatic heterocycles. The van der Waals surface area contributed by atoms with E-state index < -0.39 is 31.8 Å². The highest BCUT2D eigenvalue weighted by atomic mass is 28.3. The minimum atomic E-state index is -2.07. The number of rotatable bonds is 7. The predicted octanol–water partition coefficient (Wildman–Crippen LogP) is 4.13. The van der Waals surface area contributed by atoms with Gasteiger partial charge in [0.1, 0.15) is 19.7 Å². The van der Waals surface area contributed by atoms with Crippen molar-refractivity contribution in [3.8, 4) is 0 Å². The fraction of sp³-hybridized carbons (Fsp3) is 0.545. The van der Waals surface area contributed by atoms with Crippen molar-refractivity contribution in [2.45, 2.75) is 59.4 Å². The summed E-state index contributed by atoms with van der Waals surface area (Å²) >= 11 is 0. The van der Waals surface area contributed by atoms with Crippen molar-refractivity contribution in [2.75, 3.05) is 13.7 Å². The molecule has 1 atom stereocenters. The van der Waals surface area contributed by atoms with Gasteiger partial charge in [-0.05, 0) is 26.7 Å². The summed E-state index contributed by atoms with van der Waals surface area (Å²) in [7, 11) is -0.736. The summed E-state index contributed by atoms with van der Waals surface area (Å²) < 4.78 is 10.6. The van der Waals surface area contributed by atoms with Crippen molar-refractivity contribution in [2.24, 2.45) is 5.92 Å². The van der Waals surface area contributed by atoms with E-state index in [-0.39, 0.29) is 12.5 Å². The molecule has 0 heterocycles. The van der Waals surface area contributed by atoms with Gasteiger partial charge in [-0.2, -0.15) is 0 Å². The highest BCUT2D eigenvalue weighted by molar-refractivity contribution is 6.95. The molecular formula is C22H35NO4Si. The second-order valence-electron chi connectivity index (χ2n) is 8.91. The average molecular weight is 406 g/mol. The predicted molar refractivity (Wildman–Crippen MR) is 116 cm³/mol. The smallest absolute Gasteiger partial charge is 0.411 e. The van der Waals surface area contributed by atoms with Gasteiger partial charge in [0.25, 0.3) is 0 Å². The van der Waals surface area contributed by atoms with Crippen molar-refractivity contribution >= 4 is 25.3 Å². The molecule has 6 heteroatoms. The van der Waals surface area contributed by atoms with E-state index in [0.29, 0.717) is 0 Å². The number of nitrogens with zero attached hydrogens (tertiary/aromatic N) is 1. The molecule has 0 saturated heterocycles. The van der Waals surface area contributed by atoms with Crippen LogP contribution in [0.15, 0.2) is 42.1 Å². The van der Waals surface area contributed by atoms with E-state index in [0.717, 1.165) is 5.20 Å². The largest absolute Gasteiger partial charge is 0.467 e. The quantitative estimate of drug-likeness (QED) is 0.505. The zero-order chi connectivity index (χ0) is 21.7. The van der Waals surface area contributed by atoms with Crippen LogP contribution in [-0.4, -0.2) is 50.3 Å². The minimum Gasteiger partial charge on any atom is -0.467 e. The Morgan fingerprint density at radius 2 is 1.68 bits per heavy atom. The van der Waals surface area contributed by atoms with Crippen LogP contribution in [0.2, 0.25) is 13.1 Å². The second-order valence-corrected chi connectivity index (χ2v) is 13.4. The van der Waals surface area contributed by atoms with E-state index in [1.165, 1.54) is 17.2 Å². The average Bonchev–Trinajstić information content (AvgIpc) is 2.59. The molecular weight excluding hydrogens is 370 g/mol. The summed E-state index contributed by atoms with van der Waals surface area (Å²) in [5, 5.41) is 2.17. The summed E-state index contributed by atoms with van der Waals surface area (Å²) in [5.41, 5.74) is -0.666. The van der Waals surface area contributed by atoms with E-state index >= 15 is 0 Å². The lowest BCUT2D eigenvalue weighted by Gasteiger charge is -2.37. The monoisotopic (exact) mass is 405 g/mol. The first-order valence-electron chi connectivity index (χ1n) is 9.62. The molecule has 156 valence electrons. The Morgan fingerprint density at radius 1 is 1.14 bits per heavy atom. The highest BCUT2D eigenvalue weighted by Gasteiger charge is 2.38. The Morgan fingerprint density at radius 3 is 2.11 bits per heavy atom. The molecule has 0 fully saturated rings. The van der Waals surface area contributed by atoms with Crippen LogP contribution >= 0.6 is 0 Å². The number of benzene rings is 1. The summed E-state index contributed by atoms with van der Waals surface area (Å²) in [4.78, 5) is 26.9. The fourth-order valence-electron chi connectivity index (χ4n) is 2.94. The third kappa shape index (κ3) is 6.23. The molecule has 0 saturated carbocycles. The maximum absolute atomic E-state index is 13.0. The molecule has 0 spiro atoms. The summed E-state index contributed by atoms with van der Waals surface area (Å²) in [6, 6.07) is 9.45. The van der Waals surface area contributed by atoms with Crippen LogP contribution in [0.5, 0.6) is 0 Å². The molecule has 0 aliphatic rings. The Hall–Kier alpha value is -2.08. The van der Waals surface area contributed by atoms with E-state index in [2.05, 4.69) is 31.8 Å². The molecule has 0 aliphatic carbocycles. The first kappa shape index (κ1) is 24.0. The van der Waals surface area contributed by atoms with Gasteiger partial charge in [-0.25, -0.2) is 9.59 Å². The van der Waals surface area contributed by atoms with Gasteiger partial charge in [-0.1, -0.05) is 67.7 Å². The van der Waals surface area contributed by atoms with E-state index in [4.69, 9.17) is 9.47 Å². The topological polar surface area (TPSA) is 55.8 Å². The fourth-order valence-corrected chi connectivity index (χ4v) is 4.94. The summed E-state index contributed by atoms with van der Waals surface area (Å²) in [6.45, 7) is 18.2. The highest BCUT2D eigenvalue weighted by Crippen LogP contribution is 2.22. The van der Waals surface area contributed by atoms with Crippen LogP contribution < -0.4 is 5.19 Å². The van der Waals surface area contributed by atoms with Crippen LogP contribution in [0, 0.1) is 5.92 Å². The van der Waals surface area contributed by atoms with Gasteiger partial charge < -0.3 is 9.47 Å². The zero-order valence-electron chi connectivity index (χ0n) is 18.5. The van der Waals surface area contributed by atoms with Crippen molar-refractivity contribution < 1.29 is 19.1 Å². The second kappa shape index (κ2) is 9.41. The molecule has 1 rings (SSSR count). The third-order valence-electron chi connectivity index (χ3n) is 4.78. The summed E-state index contributed by atoms with van der Waals surface area (Å²) in [5.74, 6) is -0.581. The summed E-state index contributed by atoms with van der Waals surface area (Å²) in [6.07, 6.45) is -0.532. The van der Waals surface area contributed by atoms with Gasteiger partial charge in [-0.15, -0.1) is 6.58 Å². The number of ether oxygens (including phenoxy) is 2. The SMILES string of the molecule is C=C(CN(C(=O)OC(C)(C)C)C(C(=O)OC)C(C)C)[Si](C)(C)c1ccccc1. The number of esters is 1. The number of carbonyl (C=O) groups is 2. The molecule has 1 unspecified atom stereocenters. The molecule has 5 nitrogen and oxygen atoms in total. The van der Waals surface area contributed by atoms with E-state index in [1.54, 1.807) is 0 Å². The molecule has 1 amide bonds. The lowest BCUT2D eigenvalue weighted by Crippen LogP contribution is -2.54. The van der Waals surface area contributed by atoms with E-state index in [1.807, 2.05) is 52.8 Å². The van der Waals surface area contributed by atoms with Crippen LogP contribution in [-0.2, 0) is 14.3 Å². The molecule has 1 aromatic carbocycles. The molecule has 0 radical (unpaired) electrons. The van der Waals surface area contributed by atoms with Crippen LogP contribution in [0.4, 0.5) is 4.79 Å². The van der Waals surface area contributed by atoms with Gasteiger partial charge in [0, 0.05) is 6.54 Å². The number of amides is 1. The molecule has 0 N–H and O–H groups in total. The molecule has 0 aliphatic heterocycles. The lowest BCUT2D eigenvalue weighted by atomic mass is 10.0. The molecule has 28 heavy (non-hydrogen) atoms. The molecule has 0 bridgehead atoms. The third-order valence-corrected chi connectivity index (χ3v) is 8.48. The maximum Gasteiger partial charge on any atom is 0.411 e. The first-order chi connectivity index (χ1) is 12.8.